The van der Waals surface area contributed by atoms with Gasteiger partial charge >= 0.3 is 11.8 Å². The second kappa shape index (κ2) is 14.1. The monoisotopic (exact) mass is 554 g/mol. The highest BCUT2D eigenvalue weighted by Crippen LogP contribution is 2.36. The molecule has 202 valence electrons. The summed E-state index contributed by atoms with van der Waals surface area (Å²) >= 11 is 6.28. The maximum absolute atomic E-state index is 13.7. The molecule has 3 aromatic carbocycles. The van der Waals surface area contributed by atoms with Gasteiger partial charge in [0.2, 0.25) is 0 Å². The molecule has 10 nitrogen and oxygen atoms in total. The maximum Gasteiger partial charge on any atom is 0.329 e. The predicted molar refractivity (Wildman–Crippen MR) is 145 cm³/mol. The molecule has 0 saturated carbocycles. The second-order valence-corrected chi connectivity index (χ2v) is 8.04. The highest BCUT2D eigenvalue weighted by Gasteiger charge is 2.16. The minimum Gasteiger partial charge on any atom is -0.493 e. The number of carbonyl (C=O) groups excluding carboxylic acids is 3. The number of benzene rings is 3. The summed E-state index contributed by atoms with van der Waals surface area (Å²) in [6, 6.07) is 15.1. The van der Waals surface area contributed by atoms with Crippen LogP contribution >= 0.6 is 11.6 Å². The van der Waals surface area contributed by atoms with Gasteiger partial charge in [0.15, 0.2) is 18.1 Å². The largest absolute Gasteiger partial charge is 0.493 e. The van der Waals surface area contributed by atoms with Crippen molar-refractivity contribution in [1.82, 2.24) is 5.43 Å². The Bertz CT molecular complexity index is 1380. The first-order valence-corrected chi connectivity index (χ1v) is 11.7. The van der Waals surface area contributed by atoms with Crippen molar-refractivity contribution in [3.63, 3.8) is 0 Å². The Morgan fingerprint density at radius 1 is 1.03 bits per heavy atom. The molecule has 3 N–H and O–H groups in total. The van der Waals surface area contributed by atoms with Crippen LogP contribution in [0.25, 0.3) is 0 Å². The zero-order valence-electron chi connectivity index (χ0n) is 20.7. The van der Waals surface area contributed by atoms with Crippen LogP contribution in [0.3, 0.4) is 0 Å². The van der Waals surface area contributed by atoms with Gasteiger partial charge in [-0.05, 0) is 54.1 Å². The van der Waals surface area contributed by atoms with E-state index in [-0.39, 0.29) is 22.2 Å². The van der Waals surface area contributed by atoms with Crippen LogP contribution in [0.4, 0.5) is 15.8 Å². The second-order valence-electron chi connectivity index (χ2n) is 7.63. The van der Waals surface area contributed by atoms with Crippen molar-refractivity contribution in [2.24, 2.45) is 5.10 Å². The van der Waals surface area contributed by atoms with Crippen molar-refractivity contribution in [1.29, 1.82) is 0 Å². The Kier molecular flexibility index (Phi) is 10.4. The molecule has 39 heavy (non-hydrogen) atoms. The predicted octanol–water partition coefficient (Wildman–Crippen LogP) is 4.16. The number of para-hydroxylation sites is 1. The summed E-state index contributed by atoms with van der Waals surface area (Å²) in [4.78, 5) is 36.4. The zero-order chi connectivity index (χ0) is 28.2. The van der Waals surface area contributed by atoms with E-state index in [1.165, 1.54) is 43.7 Å². The Morgan fingerprint density at radius 3 is 2.46 bits per heavy atom. The van der Waals surface area contributed by atoms with Gasteiger partial charge in [0.05, 0.1) is 24.0 Å². The lowest BCUT2D eigenvalue weighted by Gasteiger charge is -2.13. The molecule has 0 unspecified atom stereocenters. The van der Waals surface area contributed by atoms with Crippen LogP contribution in [0.2, 0.25) is 5.02 Å². The quantitative estimate of drug-likeness (QED) is 0.141. The number of carbonyl (C=O) groups is 3. The van der Waals surface area contributed by atoms with Crippen LogP contribution in [0.5, 0.6) is 17.2 Å². The van der Waals surface area contributed by atoms with Gasteiger partial charge in [-0.2, -0.15) is 5.10 Å². The topological polar surface area (TPSA) is 127 Å². The van der Waals surface area contributed by atoms with E-state index in [0.717, 1.165) is 0 Å². The molecular formula is C27H24ClFN4O6. The Morgan fingerprint density at radius 2 is 1.77 bits per heavy atom. The van der Waals surface area contributed by atoms with Crippen LogP contribution in [0.1, 0.15) is 5.56 Å². The summed E-state index contributed by atoms with van der Waals surface area (Å²) in [6.45, 7) is 3.44. The summed E-state index contributed by atoms with van der Waals surface area (Å²) in [7, 11) is 1.36. The van der Waals surface area contributed by atoms with E-state index in [2.05, 4.69) is 27.7 Å². The van der Waals surface area contributed by atoms with Gasteiger partial charge in [-0.3, -0.25) is 14.4 Å². The summed E-state index contributed by atoms with van der Waals surface area (Å²) in [6.07, 6.45) is 2.84. The fourth-order valence-electron chi connectivity index (χ4n) is 3.03. The van der Waals surface area contributed by atoms with E-state index in [1.807, 2.05) is 0 Å². The molecule has 3 rings (SSSR count). The summed E-state index contributed by atoms with van der Waals surface area (Å²) in [5, 5.41) is 8.67. The number of methoxy groups -OCH3 is 1. The average Bonchev–Trinajstić information content (AvgIpc) is 2.93. The molecule has 3 amide bonds. The first-order chi connectivity index (χ1) is 18.8. The van der Waals surface area contributed by atoms with Gasteiger partial charge in [0.1, 0.15) is 18.2 Å². The third-order valence-corrected chi connectivity index (χ3v) is 5.09. The van der Waals surface area contributed by atoms with E-state index in [1.54, 1.807) is 36.4 Å². The number of anilines is 2. The van der Waals surface area contributed by atoms with Crippen LogP contribution in [0, 0.1) is 5.82 Å². The normalized spacial score (nSPS) is 10.4. The third-order valence-electron chi connectivity index (χ3n) is 4.81. The Hall–Kier alpha value is -4.90. The molecule has 0 saturated heterocycles. The number of nitrogens with one attached hydrogen (secondary N) is 3. The Labute approximate surface area is 228 Å². The van der Waals surface area contributed by atoms with Crippen LogP contribution in [-0.4, -0.2) is 44.3 Å². The summed E-state index contributed by atoms with van der Waals surface area (Å²) in [5.41, 5.74) is 2.91. The van der Waals surface area contributed by atoms with Crippen LogP contribution in [-0.2, 0) is 14.4 Å². The van der Waals surface area contributed by atoms with Gasteiger partial charge in [-0.25, -0.2) is 9.82 Å². The lowest BCUT2D eigenvalue weighted by Crippen LogP contribution is -2.32. The van der Waals surface area contributed by atoms with Crippen molar-refractivity contribution >= 4 is 46.9 Å². The number of hydrogen-bond donors (Lipinski definition) is 3. The SMILES string of the molecule is C=CCOc1ccc(NC(=O)C(=O)N/N=C\c2cc(Cl)c(OCC(=O)Nc3ccccc3F)c(OC)c2)cc1. The van der Waals surface area contributed by atoms with Crippen molar-refractivity contribution < 1.29 is 33.0 Å². The number of hydrogen-bond acceptors (Lipinski definition) is 7. The average molecular weight is 555 g/mol. The molecule has 0 aromatic heterocycles. The van der Waals surface area contributed by atoms with Crippen LogP contribution < -0.4 is 30.3 Å². The fourth-order valence-corrected chi connectivity index (χ4v) is 3.31. The van der Waals surface area contributed by atoms with Crippen LogP contribution in [0.15, 0.2) is 78.4 Å². The first-order valence-electron chi connectivity index (χ1n) is 11.3. The first kappa shape index (κ1) is 28.7. The molecule has 0 radical (unpaired) electrons. The highest BCUT2D eigenvalue weighted by atomic mass is 35.5. The molecule has 0 aliphatic rings. The van der Waals surface area contributed by atoms with Gasteiger partial charge in [-0.15, -0.1) is 0 Å². The van der Waals surface area contributed by atoms with Crippen molar-refractivity contribution in [3.8, 4) is 17.2 Å². The van der Waals surface area contributed by atoms with E-state index >= 15 is 0 Å². The maximum atomic E-state index is 13.7. The van der Waals surface area contributed by atoms with Crippen molar-refractivity contribution in [2.45, 2.75) is 0 Å². The number of hydrazone groups is 1. The molecule has 12 heteroatoms. The molecule has 0 atom stereocenters. The number of amides is 3. The number of nitrogens with zero attached hydrogens (tertiary/aromatic N) is 1. The molecule has 0 spiro atoms. The van der Waals surface area contributed by atoms with E-state index in [4.69, 9.17) is 25.8 Å². The van der Waals surface area contributed by atoms with Crippen molar-refractivity contribution in [2.75, 3.05) is 31.0 Å². The third kappa shape index (κ3) is 8.58. The molecule has 0 aliphatic carbocycles. The molecule has 0 aliphatic heterocycles. The van der Waals surface area contributed by atoms with Gasteiger partial charge in [0.25, 0.3) is 5.91 Å². The van der Waals surface area contributed by atoms with E-state index in [0.29, 0.717) is 23.6 Å². The fraction of sp³-hybridized carbons (Fsp3) is 0.111. The highest BCUT2D eigenvalue weighted by molar-refractivity contribution is 6.39. The van der Waals surface area contributed by atoms with Gasteiger partial charge < -0.3 is 24.8 Å². The zero-order valence-corrected chi connectivity index (χ0v) is 21.5. The molecule has 3 aromatic rings. The molecular weight excluding hydrogens is 531 g/mol. The number of halogens is 2. The number of rotatable bonds is 11. The summed E-state index contributed by atoms with van der Waals surface area (Å²) in [5.74, 6) is -2.30. The smallest absolute Gasteiger partial charge is 0.329 e. The van der Waals surface area contributed by atoms with Crippen molar-refractivity contribution in [3.05, 3.63) is 89.7 Å². The Balaban J connectivity index is 1.55. The van der Waals surface area contributed by atoms with E-state index in [9.17, 15) is 18.8 Å². The van der Waals surface area contributed by atoms with Gasteiger partial charge in [0, 0.05) is 5.69 Å². The minimum atomic E-state index is -1.00. The summed E-state index contributed by atoms with van der Waals surface area (Å²) < 4.78 is 29.8. The lowest BCUT2D eigenvalue weighted by molar-refractivity contribution is -0.136. The molecule has 0 heterocycles. The molecule has 0 fully saturated rings. The molecule has 0 bridgehead atoms. The minimum absolute atomic E-state index is 0.0122. The van der Waals surface area contributed by atoms with Gasteiger partial charge in [-0.1, -0.05) is 36.4 Å². The van der Waals surface area contributed by atoms with E-state index < -0.39 is 30.1 Å². The lowest BCUT2D eigenvalue weighted by atomic mass is 10.2. The number of ether oxygens (including phenoxy) is 3. The standard InChI is InChI=1S/C27H24ClFN4O6/c1-3-12-38-19-10-8-18(9-11-19)31-26(35)27(36)33-30-15-17-13-20(28)25(23(14-17)37-2)39-16-24(34)32-22-7-5-4-6-21(22)29/h3-11,13-15H,1,12,16H2,2H3,(H,31,35)(H,32,34)(H,33,36)/b30-15-.